The Bertz CT molecular complexity index is 436. The van der Waals surface area contributed by atoms with E-state index in [1.165, 1.54) is 18.4 Å². The molecule has 2 heterocycles. The first-order valence-electron chi connectivity index (χ1n) is 7.58. The topological polar surface area (TPSA) is 49.5 Å². The van der Waals surface area contributed by atoms with Crippen LogP contribution >= 0.6 is 15.9 Å². The summed E-state index contributed by atoms with van der Waals surface area (Å²) >= 11 is 3.45. The lowest BCUT2D eigenvalue weighted by Crippen LogP contribution is -2.45. The summed E-state index contributed by atoms with van der Waals surface area (Å²) < 4.78 is 1.09. The summed E-state index contributed by atoms with van der Waals surface area (Å²) in [5, 5.41) is 9.83. The number of hydrogen-bond donors (Lipinski definition) is 2. The quantitative estimate of drug-likeness (QED) is 0.887. The molecule has 20 heavy (non-hydrogen) atoms. The zero-order valence-corrected chi connectivity index (χ0v) is 13.3. The summed E-state index contributed by atoms with van der Waals surface area (Å²) in [5.41, 5.74) is 7.52. The lowest BCUT2D eigenvalue weighted by molar-refractivity contribution is 0.0340. The van der Waals surface area contributed by atoms with Gasteiger partial charge in [-0.15, -0.1) is 0 Å². The molecule has 2 fully saturated rings. The van der Waals surface area contributed by atoms with Crippen LogP contribution < -0.4 is 5.73 Å². The van der Waals surface area contributed by atoms with E-state index in [0.717, 1.165) is 30.3 Å². The van der Waals surface area contributed by atoms with Crippen LogP contribution in [0, 0.1) is 0 Å². The minimum Gasteiger partial charge on any atom is -0.393 e. The fourth-order valence-corrected chi connectivity index (χ4v) is 4.04. The number of fused-ring (bicyclic) bond motifs is 2. The van der Waals surface area contributed by atoms with E-state index in [0.29, 0.717) is 12.1 Å². The third-order valence-corrected chi connectivity index (χ3v) is 5.38. The molecule has 2 aliphatic heterocycles. The number of aliphatic hydroxyl groups excluding tert-OH is 1. The third kappa shape index (κ3) is 3.08. The second-order valence-electron chi connectivity index (χ2n) is 6.19. The Morgan fingerprint density at radius 1 is 1.20 bits per heavy atom. The lowest BCUT2D eigenvalue weighted by Gasteiger charge is -2.37. The molecular weight excluding hydrogens is 316 g/mol. The van der Waals surface area contributed by atoms with Gasteiger partial charge in [0.05, 0.1) is 6.10 Å². The van der Waals surface area contributed by atoms with Crippen LogP contribution in [0.5, 0.6) is 0 Å². The average molecular weight is 339 g/mol. The van der Waals surface area contributed by atoms with Crippen LogP contribution in [0.2, 0.25) is 0 Å². The van der Waals surface area contributed by atoms with Crippen LogP contribution in [0.4, 0.5) is 0 Å². The van der Waals surface area contributed by atoms with Crippen molar-refractivity contribution in [1.82, 2.24) is 4.90 Å². The normalized spacial score (nSPS) is 31.4. The van der Waals surface area contributed by atoms with Crippen molar-refractivity contribution in [3.05, 3.63) is 34.3 Å². The van der Waals surface area contributed by atoms with Crippen molar-refractivity contribution in [2.45, 2.75) is 56.3 Å². The van der Waals surface area contributed by atoms with Crippen LogP contribution in [0.3, 0.4) is 0 Å². The first kappa shape index (κ1) is 14.5. The Kier molecular flexibility index (Phi) is 4.46. The van der Waals surface area contributed by atoms with Gasteiger partial charge in [0.15, 0.2) is 0 Å². The molecule has 1 aromatic carbocycles. The van der Waals surface area contributed by atoms with E-state index >= 15 is 0 Å². The summed E-state index contributed by atoms with van der Waals surface area (Å²) in [4.78, 5) is 2.59. The van der Waals surface area contributed by atoms with E-state index in [2.05, 4.69) is 45.1 Å². The molecule has 4 heteroatoms. The number of piperidine rings is 1. The van der Waals surface area contributed by atoms with Gasteiger partial charge in [0.2, 0.25) is 0 Å². The zero-order chi connectivity index (χ0) is 14.1. The van der Waals surface area contributed by atoms with Crippen LogP contribution in [0.1, 0.15) is 43.7 Å². The number of nitrogens with two attached hydrogens (primary N) is 1. The van der Waals surface area contributed by atoms with Crippen molar-refractivity contribution in [1.29, 1.82) is 0 Å². The maximum atomic E-state index is 9.83. The average Bonchev–Trinajstić information content (AvgIpc) is 2.67. The maximum Gasteiger partial charge on any atom is 0.0570 e. The minimum absolute atomic E-state index is 0.0797. The molecule has 0 aliphatic carbocycles. The number of nitrogens with zero attached hydrogens (tertiary/aromatic N) is 1. The SMILES string of the molecule is NC(CCN1C2CCC1CC(O)C2)c1ccc(Br)cc1. The fraction of sp³-hybridized carbons (Fsp3) is 0.625. The molecule has 1 aromatic rings. The van der Waals surface area contributed by atoms with Gasteiger partial charge in [-0.25, -0.2) is 0 Å². The van der Waals surface area contributed by atoms with Crippen molar-refractivity contribution in [2.24, 2.45) is 5.73 Å². The highest BCUT2D eigenvalue weighted by atomic mass is 79.9. The Labute approximate surface area is 129 Å². The van der Waals surface area contributed by atoms with Crippen LogP contribution in [0.25, 0.3) is 0 Å². The summed E-state index contributed by atoms with van der Waals surface area (Å²) in [6.45, 7) is 1.05. The van der Waals surface area contributed by atoms with Crippen molar-refractivity contribution in [3.8, 4) is 0 Å². The summed E-state index contributed by atoms with van der Waals surface area (Å²) in [6, 6.07) is 9.58. The van der Waals surface area contributed by atoms with Gasteiger partial charge in [-0.05, 0) is 49.8 Å². The molecule has 0 spiro atoms. The lowest BCUT2D eigenvalue weighted by atomic mass is 9.98. The Morgan fingerprint density at radius 3 is 2.40 bits per heavy atom. The van der Waals surface area contributed by atoms with Crippen molar-refractivity contribution >= 4 is 15.9 Å². The molecule has 0 amide bonds. The number of hydrogen-bond acceptors (Lipinski definition) is 3. The molecule has 0 saturated carbocycles. The molecule has 0 radical (unpaired) electrons. The van der Waals surface area contributed by atoms with E-state index in [1.54, 1.807) is 0 Å². The van der Waals surface area contributed by atoms with E-state index in [4.69, 9.17) is 5.73 Å². The maximum absolute atomic E-state index is 9.83. The number of aliphatic hydroxyl groups is 1. The molecule has 2 saturated heterocycles. The first-order chi connectivity index (χ1) is 9.63. The van der Waals surface area contributed by atoms with Gasteiger partial charge in [-0.3, -0.25) is 4.90 Å². The van der Waals surface area contributed by atoms with E-state index in [-0.39, 0.29) is 12.1 Å². The second kappa shape index (κ2) is 6.14. The molecule has 3 rings (SSSR count). The third-order valence-electron chi connectivity index (χ3n) is 4.86. The zero-order valence-electron chi connectivity index (χ0n) is 11.7. The van der Waals surface area contributed by atoms with Gasteiger partial charge < -0.3 is 10.8 Å². The Hall–Kier alpha value is -0.420. The number of halogens is 1. The van der Waals surface area contributed by atoms with Gasteiger partial charge in [0, 0.05) is 29.1 Å². The van der Waals surface area contributed by atoms with E-state index in [9.17, 15) is 5.11 Å². The molecule has 2 aliphatic rings. The summed E-state index contributed by atoms with van der Waals surface area (Å²) in [6.07, 6.45) is 5.30. The number of benzene rings is 1. The van der Waals surface area contributed by atoms with Crippen LogP contribution in [0.15, 0.2) is 28.7 Å². The van der Waals surface area contributed by atoms with Crippen molar-refractivity contribution in [3.63, 3.8) is 0 Å². The van der Waals surface area contributed by atoms with Gasteiger partial charge in [0.1, 0.15) is 0 Å². The van der Waals surface area contributed by atoms with Crippen LogP contribution in [-0.2, 0) is 0 Å². The van der Waals surface area contributed by atoms with Gasteiger partial charge in [-0.2, -0.15) is 0 Å². The number of rotatable bonds is 4. The van der Waals surface area contributed by atoms with Crippen molar-refractivity contribution < 1.29 is 5.11 Å². The predicted molar refractivity (Wildman–Crippen MR) is 84.4 cm³/mol. The summed E-state index contributed by atoms with van der Waals surface area (Å²) in [7, 11) is 0. The van der Waals surface area contributed by atoms with Gasteiger partial charge in [0.25, 0.3) is 0 Å². The van der Waals surface area contributed by atoms with Gasteiger partial charge in [-0.1, -0.05) is 28.1 Å². The van der Waals surface area contributed by atoms with E-state index < -0.39 is 0 Å². The first-order valence-corrected chi connectivity index (χ1v) is 8.37. The molecule has 3 nitrogen and oxygen atoms in total. The fourth-order valence-electron chi connectivity index (χ4n) is 3.78. The minimum atomic E-state index is -0.0797. The largest absolute Gasteiger partial charge is 0.393 e. The standard InChI is InChI=1S/C16H23BrN2O/c17-12-3-1-11(2-4-12)16(18)7-8-19-13-5-6-14(19)10-15(20)9-13/h1-4,13-16,20H,5-10,18H2. The summed E-state index contributed by atoms with van der Waals surface area (Å²) in [5.74, 6) is 0. The second-order valence-corrected chi connectivity index (χ2v) is 7.11. The van der Waals surface area contributed by atoms with Crippen LogP contribution in [-0.4, -0.2) is 34.7 Å². The van der Waals surface area contributed by atoms with Crippen molar-refractivity contribution in [2.75, 3.05) is 6.54 Å². The molecule has 2 bridgehead atoms. The Morgan fingerprint density at radius 2 is 1.80 bits per heavy atom. The molecule has 3 unspecified atom stereocenters. The Balaban J connectivity index is 1.56. The van der Waals surface area contributed by atoms with E-state index in [1.807, 2.05) is 0 Å². The molecule has 0 aromatic heterocycles. The van der Waals surface area contributed by atoms with Gasteiger partial charge >= 0.3 is 0 Å². The molecular formula is C16H23BrN2O. The highest BCUT2D eigenvalue weighted by Gasteiger charge is 2.39. The monoisotopic (exact) mass is 338 g/mol. The molecule has 3 atom stereocenters. The molecule has 3 N–H and O–H groups in total. The molecule has 110 valence electrons. The smallest absolute Gasteiger partial charge is 0.0570 e. The predicted octanol–water partition coefficient (Wildman–Crippen LogP) is 2.83. The highest BCUT2D eigenvalue weighted by Crippen LogP contribution is 2.36. The highest BCUT2D eigenvalue weighted by molar-refractivity contribution is 9.10.